The van der Waals surface area contributed by atoms with Crippen LogP contribution >= 0.6 is 0 Å². The van der Waals surface area contributed by atoms with Crippen molar-refractivity contribution in [3.63, 3.8) is 0 Å². The van der Waals surface area contributed by atoms with Gasteiger partial charge in [-0.25, -0.2) is 4.90 Å². The summed E-state index contributed by atoms with van der Waals surface area (Å²) < 4.78 is 11.4. The van der Waals surface area contributed by atoms with Crippen molar-refractivity contribution in [2.75, 3.05) is 24.6 Å². The number of hydrogen-bond donors (Lipinski definition) is 0. The Bertz CT molecular complexity index is 1050. The molecule has 33 heavy (non-hydrogen) atoms. The predicted octanol–water partition coefficient (Wildman–Crippen LogP) is 4.60. The van der Waals surface area contributed by atoms with Crippen LogP contribution in [-0.2, 0) is 14.3 Å². The van der Waals surface area contributed by atoms with Gasteiger partial charge in [-0.1, -0.05) is 38.1 Å². The number of carbonyl (C=O) groups is 2. The Labute approximate surface area is 195 Å². The van der Waals surface area contributed by atoms with Crippen LogP contribution in [-0.4, -0.2) is 48.6 Å². The van der Waals surface area contributed by atoms with Gasteiger partial charge in [0.15, 0.2) is 0 Å². The van der Waals surface area contributed by atoms with Gasteiger partial charge in [0.2, 0.25) is 0 Å². The van der Waals surface area contributed by atoms with Crippen LogP contribution in [0.25, 0.3) is 5.57 Å². The van der Waals surface area contributed by atoms with Gasteiger partial charge in [-0.3, -0.25) is 9.59 Å². The third-order valence-corrected chi connectivity index (χ3v) is 6.07. The average molecular weight is 449 g/mol. The van der Waals surface area contributed by atoms with Crippen LogP contribution in [0.1, 0.15) is 51.7 Å². The highest BCUT2D eigenvalue weighted by molar-refractivity contribution is 6.45. The highest BCUT2D eigenvalue weighted by Gasteiger charge is 2.43. The molecule has 0 aliphatic carbocycles. The number of hydrogen-bond acceptors (Lipinski definition) is 5. The molecule has 2 amide bonds. The van der Waals surface area contributed by atoms with Crippen molar-refractivity contribution in [2.24, 2.45) is 0 Å². The second-order valence-corrected chi connectivity index (χ2v) is 9.04. The number of ether oxygens (including phenoxy) is 2. The smallest absolute Gasteiger partial charge is 0.282 e. The molecule has 6 nitrogen and oxygen atoms in total. The second kappa shape index (κ2) is 9.40. The lowest BCUT2D eigenvalue weighted by Gasteiger charge is -2.37. The quantitative estimate of drug-likeness (QED) is 0.605. The van der Waals surface area contributed by atoms with Gasteiger partial charge >= 0.3 is 0 Å². The summed E-state index contributed by atoms with van der Waals surface area (Å²) >= 11 is 0. The minimum Gasteiger partial charge on any atom is -0.494 e. The first-order chi connectivity index (χ1) is 15.8. The number of carbonyl (C=O) groups excluding carboxylic acids is 2. The lowest BCUT2D eigenvalue weighted by Crippen LogP contribution is -2.47. The van der Waals surface area contributed by atoms with Gasteiger partial charge in [-0.2, -0.15) is 0 Å². The summed E-state index contributed by atoms with van der Waals surface area (Å²) in [5, 5.41) is 0. The van der Waals surface area contributed by atoms with Crippen LogP contribution in [0.4, 0.5) is 5.69 Å². The van der Waals surface area contributed by atoms with Gasteiger partial charge < -0.3 is 14.4 Å². The molecule has 174 valence electrons. The molecule has 2 aliphatic rings. The summed E-state index contributed by atoms with van der Waals surface area (Å²) in [4.78, 5) is 30.8. The highest BCUT2D eigenvalue weighted by atomic mass is 16.5. The second-order valence-electron chi connectivity index (χ2n) is 9.04. The Kier molecular flexibility index (Phi) is 6.56. The van der Waals surface area contributed by atoms with Crippen LogP contribution in [0.5, 0.6) is 5.75 Å². The zero-order chi connectivity index (χ0) is 23.7. The van der Waals surface area contributed by atoms with Gasteiger partial charge in [0.1, 0.15) is 11.4 Å². The molecular formula is C27H32N2O4. The largest absolute Gasteiger partial charge is 0.494 e. The van der Waals surface area contributed by atoms with Gasteiger partial charge in [0, 0.05) is 13.1 Å². The minimum absolute atomic E-state index is 0.0369. The van der Waals surface area contributed by atoms with E-state index in [-0.39, 0.29) is 24.0 Å². The molecular weight excluding hydrogens is 416 g/mol. The lowest BCUT2D eigenvalue weighted by atomic mass is 10.0. The Morgan fingerprint density at radius 3 is 2.09 bits per heavy atom. The van der Waals surface area contributed by atoms with Crippen LogP contribution in [0.15, 0.2) is 54.2 Å². The first-order valence-electron chi connectivity index (χ1n) is 11.7. The molecule has 2 unspecified atom stereocenters. The van der Waals surface area contributed by atoms with E-state index in [0.717, 1.165) is 11.3 Å². The van der Waals surface area contributed by atoms with E-state index in [2.05, 4.69) is 13.8 Å². The first kappa shape index (κ1) is 23.1. The molecule has 2 heterocycles. The molecule has 1 fully saturated rings. The summed E-state index contributed by atoms with van der Waals surface area (Å²) in [7, 11) is 0. The van der Waals surface area contributed by atoms with Gasteiger partial charge in [0.25, 0.3) is 11.8 Å². The molecule has 0 saturated carbocycles. The van der Waals surface area contributed by atoms with Crippen LogP contribution in [0.3, 0.4) is 0 Å². The van der Waals surface area contributed by atoms with Crippen molar-refractivity contribution in [3.8, 4) is 5.75 Å². The van der Waals surface area contributed by atoms with Crippen molar-refractivity contribution in [3.05, 3.63) is 65.4 Å². The standard InChI is InChI=1S/C27H32N2O4/c1-6-32-23-13-9-21(10-14-23)24-25(28-15-18(4)33-19(5)16-28)27(31)29(26(24)30)22-11-7-20(8-12-22)17(2)3/h7-14,17-19H,6,15-16H2,1-5H3. The first-order valence-corrected chi connectivity index (χ1v) is 11.7. The Morgan fingerprint density at radius 1 is 0.939 bits per heavy atom. The summed E-state index contributed by atoms with van der Waals surface area (Å²) in [5.41, 5.74) is 3.33. The van der Waals surface area contributed by atoms with E-state index in [1.165, 1.54) is 4.90 Å². The van der Waals surface area contributed by atoms with Crippen molar-refractivity contribution in [1.29, 1.82) is 0 Å². The zero-order valence-electron chi connectivity index (χ0n) is 20.0. The molecule has 2 aromatic rings. The number of morpholine rings is 1. The average Bonchev–Trinajstić information content (AvgIpc) is 3.04. The van der Waals surface area contributed by atoms with E-state index in [1.807, 2.05) is 74.2 Å². The number of nitrogens with zero attached hydrogens (tertiary/aromatic N) is 2. The summed E-state index contributed by atoms with van der Waals surface area (Å²) in [6.45, 7) is 11.8. The Morgan fingerprint density at radius 2 is 1.55 bits per heavy atom. The fraction of sp³-hybridized carbons (Fsp3) is 0.407. The maximum Gasteiger partial charge on any atom is 0.282 e. The van der Waals surface area contributed by atoms with E-state index < -0.39 is 0 Å². The van der Waals surface area contributed by atoms with E-state index in [0.29, 0.717) is 48.1 Å². The summed E-state index contributed by atoms with van der Waals surface area (Å²) in [6.07, 6.45) is -0.0739. The fourth-order valence-corrected chi connectivity index (χ4v) is 4.56. The molecule has 0 radical (unpaired) electrons. The molecule has 2 aliphatic heterocycles. The molecule has 0 spiro atoms. The maximum absolute atomic E-state index is 13.7. The Hall–Kier alpha value is -3.12. The molecule has 2 atom stereocenters. The van der Waals surface area contributed by atoms with E-state index in [1.54, 1.807) is 0 Å². The normalized spacial score (nSPS) is 21.4. The Balaban J connectivity index is 1.77. The van der Waals surface area contributed by atoms with Crippen molar-refractivity contribution in [1.82, 2.24) is 4.90 Å². The maximum atomic E-state index is 13.7. The highest BCUT2D eigenvalue weighted by Crippen LogP contribution is 2.36. The topological polar surface area (TPSA) is 59.1 Å². The van der Waals surface area contributed by atoms with Gasteiger partial charge in [-0.15, -0.1) is 0 Å². The molecule has 2 aromatic carbocycles. The van der Waals surface area contributed by atoms with Crippen molar-refractivity contribution in [2.45, 2.75) is 52.7 Å². The number of rotatable bonds is 6. The van der Waals surface area contributed by atoms with Gasteiger partial charge in [-0.05, 0) is 62.1 Å². The third-order valence-electron chi connectivity index (χ3n) is 6.07. The molecule has 4 rings (SSSR count). The summed E-state index contributed by atoms with van der Waals surface area (Å²) in [6, 6.07) is 15.1. The van der Waals surface area contributed by atoms with E-state index in [9.17, 15) is 9.59 Å². The SMILES string of the molecule is CCOc1ccc(C2=C(N3CC(C)OC(C)C3)C(=O)N(c3ccc(C(C)C)cc3)C2=O)cc1. The van der Waals surface area contributed by atoms with Crippen molar-refractivity contribution < 1.29 is 19.1 Å². The van der Waals surface area contributed by atoms with Gasteiger partial charge in [0.05, 0.1) is 30.1 Å². The van der Waals surface area contributed by atoms with E-state index in [4.69, 9.17) is 9.47 Å². The zero-order valence-corrected chi connectivity index (χ0v) is 20.0. The lowest BCUT2D eigenvalue weighted by molar-refractivity contribution is -0.121. The molecule has 1 saturated heterocycles. The molecule has 0 aromatic heterocycles. The monoisotopic (exact) mass is 448 g/mol. The number of amides is 2. The van der Waals surface area contributed by atoms with Crippen LogP contribution in [0.2, 0.25) is 0 Å². The van der Waals surface area contributed by atoms with E-state index >= 15 is 0 Å². The van der Waals surface area contributed by atoms with Crippen LogP contribution < -0.4 is 9.64 Å². The van der Waals surface area contributed by atoms with Crippen LogP contribution in [0, 0.1) is 0 Å². The van der Waals surface area contributed by atoms with Crippen molar-refractivity contribution >= 4 is 23.1 Å². The number of benzene rings is 2. The molecule has 6 heteroatoms. The fourth-order valence-electron chi connectivity index (χ4n) is 4.56. The molecule has 0 N–H and O–H groups in total. The third kappa shape index (κ3) is 4.53. The molecule has 0 bridgehead atoms. The predicted molar refractivity (Wildman–Crippen MR) is 129 cm³/mol. The number of imide groups is 1. The summed E-state index contributed by atoms with van der Waals surface area (Å²) in [5.74, 6) is 0.508. The number of anilines is 1. The minimum atomic E-state index is -0.303.